The van der Waals surface area contributed by atoms with E-state index in [4.69, 9.17) is 0 Å². The van der Waals surface area contributed by atoms with E-state index in [1.165, 1.54) is 5.30 Å². The molecule has 0 nitrogen and oxygen atoms in total. The van der Waals surface area contributed by atoms with E-state index in [1.807, 2.05) is 55.4 Å². The molecule has 5 rings (SSSR count). The Bertz CT molecular complexity index is 1010. The second kappa shape index (κ2) is 23.1. The summed E-state index contributed by atoms with van der Waals surface area (Å²) in [6, 6.07) is 44.1. The van der Waals surface area contributed by atoms with Crippen molar-refractivity contribution in [3.63, 3.8) is 0 Å². The van der Waals surface area contributed by atoms with Crippen molar-refractivity contribution < 1.29 is 0 Å². The summed E-state index contributed by atoms with van der Waals surface area (Å²) < 4.78 is 0. The Morgan fingerprint density at radius 3 is 0.737 bits per heavy atom. The quantitative estimate of drug-likeness (QED) is 0.185. The molecule has 0 unspecified atom stereocenters. The minimum Gasteiger partial charge on any atom is -0.0817 e. The molecule has 1 heterocycles. The van der Waals surface area contributed by atoms with Gasteiger partial charge in [0.25, 0.3) is 0 Å². The van der Waals surface area contributed by atoms with Crippen molar-refractivity contribution in [2.75, 3.05) is 13.3 Å². The lowest BCUT2D eigenvalue weighted by Crippen LogP contribution is -1.95. The van der Waals surface area contributed by atoms with E-state index in [-0.39, 0.29) is 28.6 Å². The first-order chi connectivity index (χ1) is 18.8. The number of rotatable bonds is 4. The van der Waals surface area contributed by atoms with Crippen LogP contribution in [0.3, 0.4) is 0 Å². The van der Waals surface area contributed by atoms with Crippen molar-refractivity contribution >= 4 is 33.9 Å². The largest absolute Gasteiger partial charge is 0.0817 e. The lowest BCUT2D eigenvalue weighted by molar-refractivity contribution is 1.50. The minimum absolute atomic E-state index is 0.00463. The number of benzene rings is 4. The molecule has 0 atom stereocenters. The molecule has 0 radical (unpaired) electrons. The molecule has 1 aromatic heterocycles. The smallest absolute Gasteiger partial charge is 0.00633 e. The third kappa shape index (κ3) is 11.9. The molecule has 0 aliphatic rings. The predicted octanol–water partition coefficient (Wildman–Crippen LogP) is 13.8. The van der Waals surface area contributed by atoms with Crippen LogP contribution in [-0.4, -0.2) is 13.3 Å². The summed E-state index contributed by atoms with van der Waals surface area (Å²) in [5.41, 5.74) is 0. The SMILES string of the molecule is CC.CC.CC.CC.CP(C)c1ccccc1.c1ccc(-p2p(-c3ccccc3)p2-c2ccccc2)cc1. The second-order valence-electron chi connectivity index (χ2n) is 7.10. The first-order valence-electron chi connectivity index (χ1n) is 14.0. The topological polar surface area (TPSA) is 0 Å². The van der Waals surface area contributed by atoms with E-state index in [1.54, 1.807) is 15.9 Å². The summed E-state index contributed by atoms with van der Waals surface area (Å²) in [5, 5.41) is 6.22. The van der Waals surface area contributed by atoms with Crippen LogP contribution >= 0.6 is 28.6 Å². The molecule has 4 heteroatoms. The summed E-state index contributed by atoms with van der Waals surface area (Å²) >= 11 is 0. The van der Waals surface area contributed by atoms with Crippen LogP contribution in [0.4, 0.5) is 0 Å². The van der Waals surface area contributed by atoms with Gasteiger partial charge in [-0.05, 0) is 39.3 Å². The van der Waals surface area contributed by atoms with Crippen molar-refractivity contribution in [1.29, 1.82) is 0 Å². The summed E-state index contributed by atoms with van der Waals surface area (Å²) in [6.07, 6.45) is 0. The highest BCUT2D eigenvalue weighted by Crippen LogP contribution is 2.96. The zero-order valence-electron chi connectivity index (χ0n) is 25.3. The van der Waals surface area contributed by atoms with Crippen LogP contribution in [0.1, 0.15) is 55.4 Å². The molecular formula is C34H50P4. The van der Waals surface area contributed by atoms with Crippen molar-refractivity contribution in [3.05, 3.63) is 121 Å². The summed E-state index contributed by atoms with van der Waals surface area (Å²) in [5.74, 6) is 0. The highest BCUT2D eigenvalue weighted by atomic mass is 32.7. The van der Waals surface area contributed by atoms with Crippen molar-refractivity contribution in [2.24, 2.45) is 0 Å². The van der Waals surface area contributed by atoms with E-state index in [0.29, 0.717) is 0 Å². The molecule has 5 aromatic rings. The average molecular weight is 583 g/mol. The summed E-state index contributed by atoms with van der Waals surface area (Å²) in [7, 11) is 0.104. The molecule has 4 aromatic carbocycles. The zero-order chi connectivity index (χ0) is 28.8. The first kappa shape index (κ1) is 36.2. The van der Waals surface area contributed by atoms with Gasteiger partial charge < -0.3 is 0 Å². The van der Waals surface area contributed by atoms with Gasteiger partial charge in [0.05, 0.1) is 0 Å². The van der Waals surface area contributed by atoms with Gasteiger partial charge >= 0.3 is 0 Å². The molecule has 38 heavy (non-hydrogen) atoms. The highest BCUT2D eigenvalue weighted by molar-refractivity contribution is 8.77. The van der Waals surface area contributed by atoms with Gasteiger partial charge in [-0.15, -0.1) is 0 Å². The van der Waals surface area contributed by atoms with Crippen LogP contribution in [0, 0.1) is 0 Å². The van der Waals surface area contributed by atoms with Crippen molar-refractivity contribution in [3.8, 4) is 15.9 Å². The fraction of sp³-hybridized carbons (Fsp3) is 0.294. The lowest BCUT2D eigenvalue weighted by Gasteiger charge is -2.02. The van der Waals surface area contributed by atoms with Gasteiger partial charge in [-0.2, -0.15) is 0 Å². The van der Waals surface area contributed by atoms with E-state index < -0.39 is 0 Å². The Labute approximate surface area is 239 Å². The fourth-order valence-corrected chi connectivity index (χ4v) is 25.0. The number of hydrogen-bond donors (Lipinski definition) is 0. The van der Waals surface area contributed by atoms with Crippen molar-refractivity contribution in [1.82, 2.24) is 0 Å². The van der Waals surface area contributed by atoms with Crippen LogP contribution in [0.15, 0.2) is 121 Å². The van der Waals surface area contributed by atoms with Gasteiger partial charge in [0.15, 0.2) is 0 Å². The average Bonchev–Trinajstić information content (AvgIpc) is 3.79. The molecule has 0 N–H and O–H groups in total. The van der Waals surface area contributed by atoms with Gasteiger partial charge in [-0.3, -0.25) is 0 Å². The van der Waals surface area contributed by atoms with Crippen LogP contribution in [0.2, 0.25) is 0 Å². The Morgan fingerprint density at radius 2 is 0.553 bits per heavy atom. The molecule has 0 fully saturated rings. The molecule has 0 spiro atoms. The van der Waals surface area contributed by atoms with Crippen LogP contribution < -0.4 is 5.30 Å². The first-order valence-corrected chi connectivity index (χ1v) is 22.4. The lowest BCUT2D eigenvalue weighted by atomic mass is 10.4. The van der Waals surface area contributed by atoms with Crippen LogP contribution in [0.5, 0.6) is 0 Å². The summed E-state index contributed by atoms with van der Waals surface area (Å²) in [4.78, 5) is 0. The maximum atomic E-state index is 2.33. The normalized spacial score (nSPS) is 10.4. The van der Waals surface area contributed by atoms with Gasteiger partial charge in [-0.25, -0.2) is 0 Å². The van der Waals surface area contributed by atoms with Gasteiger partial charge in [0, 0.05) is 15.9 Å². The Kier molecular flexibility index (Phi) is 22.0. The van der Waals surface area contributed by atoms with Crippen LogP contribution in [0.25, 0.3) is 15.9 Å². The molecule has 0 amide bonds. The molecular weight excluding hydrogens is 532 g/mol. The van der Waals surface area contributed by atoms with E-state index in [0.717, 1.165) is 0 Å². The molecule has 206 valence electrons. The third-order valence-corrected chi connectivity index (χ3v) is 23.0. The standard InChI is InChI=1S/C18H15P3.C8H11P.4C2H6/c1-4-10-16(11-5-1)19-20(17-12-6-2-7-13-17)21(19)18-14-8-3-9-15-18;1-9(2)8-6-4-3-5-7-8;4*1-2/h1-15H;3-7H,1-2H3;4*1-2H3. The molecule has 0 aliphatic carbocycles. The minimum atomic E-state index is 0.00463. The Hall–Kier alpha value is -1.79. The highest BCUT2D eigenvalue weighted by Gasteiger charge is 2.26. The Morgan fingerprint density at radius 1 is 0.342 bits per heavy atom. The molecule has 0 saturated carbocycles. The maximum absolute atomic E-state index is 2.33. The van der Waals surface area contributed by atoms with Crippen molar-refractivity contribution in [2.45, 2.75) is 55.4 Å². The second-order valence-corrected chi connectivity index (χ2v) is 22.7. The van der Waals surface area contributed by atoms with Gasteiger partial charge in [0.1, 0.15) is 0 Å². The molecule has 0 saturated heterocycles. The Balaban J connectivity index is 0.000000678. The molecule has 0 aliphatic heterocycles. The maximum Gasteiger partial charge on any atom is 0.00633 e. The number of hydrogen-bond acceptors (Lipinski definition) is 0. The third-order valence-electron chi connectivity index (χ3n) is 4.74. The van der Waals surface area contributed by atoms with Gasteiger partial charge in [0.2, 0.25) is 0 Å². The summed E-state index contributed by atoms with van der Waals surface area (Å²) in [6.45, 7) is 20.6. The fourth-order valence-electron chi connectivity index (χ4n) is 3.19. The zero-order valence-corrected chi connectivity index (χ0v) is 28.9. The van der Waals surface area contributed by atoms with E-state index >= 15 is 0 Å². The van der Waals surface area contributed by atoms with E-state index in [9.17, 15) is 0 Å². The predicted molar refractivity (Wildman–Crippen MR) is 189 cm³/mol. The van der Waals surface area contributed by atoms with Gasteiger partial charge in [-0.1, -0.05) is 185 Å². The monoisotopic (exact) mass is 582 g/mol. The molecule has 0 bridgehead atoms. The van der Waals surface area contributed by atoms with Crippen LogP contribution in [-0.2, 0) is 0 Å². The van der Waals surface area contributed by atoms with E-state index in [2.05, 4.69) is 135 Å².